The van der Waals surface area contributed by atoms with Crippen molar-refractivity contribution < 1.29 is 14.3 Å². The molecule has 10 heteroatoms. The molecule has 2 aromatic heterocycles. The fourth-order valence-corrected chi connectivity index (χ4v) is 4.20. The maximum absolute atomic E-state index is 12.4. The van der Waals surface area contributed by atoms with Gasteiger partial charge in [-0.25, -0.2) is 9.97 Å². The van der Waals surface area contributed by atoms with Gasteiger partial charge < -0.3 is 25.4 Å². The minimum atomic E-state index is -0.690. The van der Waals surface area contributed by atoms with Gasteiger partial charge in [-0.2, -0.15) is 5.26 Å². The second kappa shape index (κ2) is 10.5. The molecule has 0 atom stereocenters. The van der Waals surface area contributed by atoms with Crippen molar-refractivity contribution in [2.75, 3.05) is 25.6 Å². The second-order valence-electron chi connectivity index (χ2n) is 9.50. The Hall–Kier alpha value is -4.07. The Morgan fingerprint density at radius 2 is 2.05 bits per heavy atom. The highest BCUT2D eigenvalue weighted by Gasteiger charge is 2.47. The fraction of sp³-hybridized carbons (Fsp3) is 0.370. The number of ether oxygens (including phenoxy) is 2. The highest BCUT2D eigenvalue weighted by Crippen LogP contribution is 2.34. The van der Waals surface area contributed by atoms with Gasteiger partial charge in [-0.15, -0.1) is 0 Å². The third kappa shape index (κ3) is 5.85. The van der Waals surface area contributed by atoms with Crippen molar-refractivity contribution in [1.29, 1.82) is 5.26 Å². The summed E-state index contributed by atoms with van der Waals surface area (Å²) >= 11 is 0. The predicted octanol–water partition coefficient (Wildman–Crippen LogP) is 3.16. The van der Waals surface area contributed by atoms with E-state index in [1.165, 1.54) is 0 Å². The fourth-order valence-electron chi connectivity index (χ4n) is 4.20. The summed E-state index contributed by atoms with van der Waals surface area (Å²) in [5.41, 5.74) is 8.71. The summed E-state index contributed by atoms with van der Waals surface area (Å²) in [5, 5.41) is 12.8. The molecule has 1 saturated heterocycles. The van der Waals surface area contributed by atoms with Crippen molar-refractivity contribution >= 4 is 17.5 Å². The van der Waals surface area contributed by atoms with Crippen LogP contribution in [0.1, 0.15) is 36.9 Å². The highest BCUT2D eigenvalue weighted by atomic mass is 16.5. The normalized spacial score (nSPS) is 16.5. The summed E-state index contributed by atoms with van der Waals surface area (Å²) in [4.78, 5) is 27.3. The number of anilines is 2. The Bertz CT molecular complexity index is 1310. The van der Waals surface area contributed by atoms with Crippen molar-refractivity contribution in [3.8, 4) is 23.1 Å². The van der Waals surface area contributed by atoms with Crippen LogP contribution in [0.2, 0.25) is 0 Å². The summed E-state index contributed by atoms with van der Waals surface area (Å²) in [5.74, 6) is 0.923. The minimum Gasteiger partial charge on any atom is -0.489 e. The lowest BCUT2D eigenvalue weighted by Crippen LogP contribution is -2.43. The minimum absolute atomic E-state index is 0.0514. The van der Waals surface area contributed by atoms with E-state index < -0.39 is 5.54 Å². The standard InChI is InChI=1S/C27H29N7O3/c1-34(25(35)27(29)9-10-27)17-21-4-3-20(16-31-21)32-26-30-11-6-23(33-26)18-2-5-24(19(14-18)15-28)37-22-7-12-36-13-8-22/h2-6,11,14,16,22H,7-10,12-13,17,29H2,1H3,(H,30,32,33). The third-order valence-corrected chi connectivity index (χ3v) is 6.55. The van der Waals surface area contributed by atoms with Crippen LogP contribution in [0.4, 0.5) is 11.6 Å². The molecule has 3 N–H and O–H groups in total. The number of nitrogens with zero attached hydrogens (tertiary/aromatic N) is 5. The van der Waals surface area contributed by atoms with Gasteiger partial charge in [-0.05, 0) is 49.2 Å². The van der Waals surface area contributed by atoms with Crippen LogP contribution in [0.3, 0.4) is 0 Å². The zero-order chi connectivity index (χ0) is 25.8. The Kier molecular flexibility index (Phi) is 6.99. The summed E-state index contributed by atoms with van der Waals surface area (Å²) in [6.07, 6.45) is 6.48. The molecule has 3 heterocycles. The number of likely N-dealkylation sites (N-methyl/N-ethyl adjacent to an activating group) is 1. The van der Waals surface area contributed by atoms with Gasteiger partial charge in [0.1, 0.15) is 17.9 Å². The molecule has 2 fully saturated rings. The first-order valence-electron chi connectivity index (χ1n) is 12.3. The quantitative estimate of drug-likeness (QED) is 0.478. The Morgan fingerprint density at radius 3 is 2.76 bits per heavy atom. The van der Waals surface area contributed by atoms with Gasteiger partial charge in [0, 0.05) is 31.6 Å². The lowest BCUT2D eigenvalue weighted by molar-refractivity contribution is -0.132. The van der Waals surface area contributed by atoms with E-state index in [4.69, 9.17) is 15.2 Å². The van der Waals surface area contributed by atoms with Gasteiger partial charge in [-0.1, -0.05) is 0 Å². The van der Waals surface area contributed by atoms with Crippen LogP contribution in [0, 0.1) is 11.3 Å². The molecule has 0 radical (unpaired) electrons. The Labute approximate surface area is 215 Å². The van der Waals surface area contributed by atoms with E-state index >= 15 is 0 Å². The lowest BCUT2D eigenvalue weighted by atomic mass is 10.1. The molecule has 190 valence electrons. The smallest absolute Gasteiger partial charge is 0.242 e. The van der Waals surface area contributed by atoms with E-state index in [-0.39, 0.29) is 12.0 Å². The van der Waals surface area contributed by atoms with E-state index in [2.05, 4.69) is 26.3 Å². The van der Waals surface area contributed by atoms with Gasteiger partial charge in [-0.3, -0.25) is 9.78 Å². The summed E-state index contributed by atoms with van der Waals surface area (Å²) in [7, 11) is 1.74. The number of rotatable bonds is 8. The molecule has 1 amide bonds. The lowest BCUT2D eigenvalue weighted by Gasteiger charge is -2.23. The predicted molar refractivity (Wildman–Crippen MR) is 137 cm³/mol. The van der Waals surface area contributed by atoms with Crippen LogP contribution in [0.15, 0.2) is 48.8 Å². The van der Waals surface area contributed by atoms with Gasteiger partial charge >= 0.3 is 0 Å². The van der Waals surface area contributed by atoms with E-state index in [0.717, 1.165) is 36.9 Å². The van der Waals surface area contributed by atoms with E-state index in [0.29, 0.717) is 48.4 Å². The number of carbonyl (C=O) groups excluding carboxylic acids is 1. The Balaban J connectivity index is 1.24. The summed E-state index contributed by atoms with van der Waals surface area (Å²) < 4.78 is 11.4. The van der Waals surface area contributed by atoms with E-state index in [1.54, 1.807) is 36.5 Å². The summed E-state index contributed by atoms with van der Waals surface area (Å²) in [6.45, 7) is 1.73. The molecule has 0 bridgehead atoms. The number of nitrogens with two attached hydrogens (primary N) is 1. The van der Waals surface area contributed by atoms with Crippen molar-refractivity contribution in [1.82, 2.24) is 19.9 Å². The van der Waals surface area contributed by atoms with E-state index in [9.17, 15) is 10.1 Å². The molecule has 1 aliphatic carbocycles. The van der Waals surface area contributed by atoms with Crippen LogP contribution >= 0.6 is 0 Å². The molecule has 37 heavy (non-hydrogen) atoms. The SMILES string of the molecule is CN(Cc1ccc(Nc2nccc(-c3ccc(OC4CCOCC4)c(C#N)c3)n2)cn1)C(=O)C1(N)CC1. The zero-order valence-electron chi connectivity index (χ0n) is 20.7. The maximum Gasteiger partial charge on any atom is 0.242 e. The van der Waals surface area contributed by atoms with Crippen LogP contribution in [0.25, 0.3) is 11.3 Å². The maximum atomic E-state index is 12.4. The van der Waals surface area contributed by atoms with Gasteiger partial charge in [0.2, 0.25) is 11.9 Å². The third-order valence-electron chi connectivity index (χ3n) is 6.55. The number of benzene rings is 1. The average Bonchev–Trinajstić information content (AvgIpc) is 3.68. The molecule has 1 aromatic carbocycles. The number of hydrogen-bond donors (Lipinski definition) is 2. The molecule has 5 rings (SSSR count). The molecule has 1 saturated carbocycles. The zero-order valence-corrected chi connectivity index (χ0v) is 20.7. The Morgan fingerprint density at radius 1 is 1.24 bits per heavy atom. The molecule has 2 aliphatic rings. The first-order valence-corrected chi connectivity index (χ1v) is 12.3. The van der Waals surface area contributed by atoms with Crippen molar-refractivity contribution in [2.45, 2.75) is 43.9 Å². The number of hydrogen-bond acceptors (Lipinski definition) is 9. The number of amides is 1. The molecule has 1 aliphatic heterocycles. The van der Waals surface area contributed by atoms with Crippen molar-refractivity contribution in [2.24, 2.45) is 5.73 Å². The van der Waals surface area contributed by atoms with Crippen molar-refractivity contribution in [3.05, 3.63) is 60.0 Å². The number of nitrogens with one attached hydrogen (secondary N) is 1. The van der Waals surface area contributed by atoms with Gasteiger partial charge in [0.05, 0.1) is 54.1 Å². The first-order chi connectivity index (χ1) is 17.9. The molecule has 0 unspecified atom stereocenters. The van der Waals surface area contributed by atoms with E-state index in [1.807, 2.05) is 24.3 Å². The number of carbonyl (C=O) groups is 1. The monoisotopic (exact) mass is 499 g/mol. The molecule has 0 spiro atoms. The molecular weight excluding hydrogens is 470 g/mol. The molecule has 3 aromatic rings. The topological polar surface area (TPSA) is 139 Å². The van der Waals surface area contributed by atoms with Gasteiger partial charge in [0.15, 0.2) is 0 Å². The second-order valence-corrected chi connectivity index (χ2v) is 9.50. The first kappa shape index (κ1) is 24.6. The van der Waals surface area contributed by atoms with Gasteiger partial charge in [0.25, 0.3) is 0 Å². The van der Waals surface area contributed by atoms with Crippen LogP contribution in [-0.4, -0.2) is 57.7 Å². The van der Waals surface area contributed by atoms with Crippen LogP contribution in [0.5, 0.6) is 5.75 Å². The highest BCUT2D eigenvalue weighted by molar-refractivity contribution is 5.88. The summed E-state index contributed by atoms with van der Waals surface area (Å²) in [6, 6.07) is 13.2. The number of aromatic nitrogens is 3. The molecular formula is C27H29N7O3. The van der Waals surface area contributed by atoms with Crippen LogP contribution < -0.4 is 15.8 Å². The van der Waals surface area contributed by atoms with Crippen LogP contribution in [-0.2, 0) is 16.1 Å². The number of nitriles is 1. The average molecular weight is 500 g/mol. The number of pyridine rings is 1. The van der Waals surface area contributed by atoms with Crippen molar-refractivity contribution in [3.63, 3.8) is 0 Å². The largest absolute Gasteiger partial charge is 0.489 e. The molecule has 10 nitrogen and oxygen atoms in total.